The van der Waals surface area contributed by atoms with E-state index in [-0.39, 0.29) is 17.5 Å². The van der Waals surface area contributed by atoms with E-state index in [1.54, 1.807) is 13.0 Å². The lowest BCUT2D eigenvalue weighted by molar-refractivity contribution is -0.121. The highest BCUT2D eigenvalue weighted by Gasteiger charge is 2.44. The van der Waals surface area contributed by atoms with Crippen molar-refractivity contribution in [3.8, 4) is 0 Å². The number of carbonyl (C=O) groups is 1. The molecule has 3 nitrogen and oxygen atoms in total. The van der Waals surface area contributed by atoms with Gasteiger partial charge in [0.2, 0.25) is 5.91 Å². The maximum absolute atomic E-state index is 13.5. The maximum atomic E-state index is 13.5. The van der Waals surface area contributed by atoms with Crippen molar-refractivity contribution < 1.29 is 9.18 Å². The van der Waals surface area contributed by atoms with Gasteiger partial charge in [-0.2, -0.15) is 0 Å². The number of hydrogen-bond acceptors (Lipinski definition) is 2. The SMILES string of the molecule is CC(N)(C(=O)Nc1ccc(Br)cc1F)C1CC1. The highest BCUT2D eigenvalue weighted by atomic mass is 79.9. The van der Waals surface area contributed by atoms with E-state index in [0.717, 1.165) is 12.8 Å². The van der Waals surface area contributed by atoms with Crippen molar-refractivity contribution in [2.45, 2.75) is 25.3 Å². The Morgan fingerprint density at radius 1 is 1.59 bits per heavy atom. The number of amides is 1. The van der Waals surface area contributed by atoms with Crippen LogP contribution in [0.15, 0.2) is 22.7 Å². The molecule has 2 rings (SSSR count). The average Bonchev–Trinajstić information content (AvgIpc) is 3.05. The third kappa shape index (κ3) is 2.66. The molecule has 1 fully saturated rings. The van der Waals surface area contributed by atoms with E-state index in [4.69, 9.17) is 5.73 Å². The van der Waals surface area contributed by atoms with Gasteiger partial charge in [0, 0.05) is 4.47 Å². The first-order valence-electron chi connectivity index (χ1n) is 5.46. The molecule has 0 saturated heterocycles. The lowest BCUT2D eigenvalue weighted by Crippen LogP contribution is -2.50. The predicted octanol–water partition coefficient (Wildman–Crippen LogP) is 2.65. The fraction of sp³-hybridized carbons (Fsp3) is 0.417. The molecule has 5 heteroatoms. The largest absolute Gasteiger partial charge is 0.322 e. The summed E-state index contributed by atoms with van der Waals surface area (Å²) in [5.41, 5.74) is 5.19. The van der Waals surface area contributed by atoms with Gasteiger partial charge in [0.1, 0.15) is 5.82 Å². The molecule has 1 aromatic carbocycles. The summed E-state index contributed by atoms with van der Waals surface area (Å²) in [4.78, 5) is 11.9. The Hall–Kier alpha value is -0.940. The van der Waals surface area contributed by atoms with Crippen LogP contribution in [0.4, 0.5) is 10.1 Å². The summed E-state index contributed by atoms with van der Waals surface area (Å²) >= 11 is 3.16. The van der Waals surface area contributed by atoms with Crippen LogP contribution in [0, 0.1) is 11.7 Å². The van der Waals surface area contributed by atoms with Gasteiger partial charge in [-0.15, -0.1) is 0 Å². The second-order valence-electron chi connectivity index (χ2n) is 4.64. The molecule has 1 amide bonds. The molecule has 0 bridgehead atoms. The van der Waals surface area contributed by atoms with Gasteiger partial charge >= 0.3 is 0 Å². The number of halogens is 2. The second-order valence-corrected chi connectivity index (χ2v) is 5.55. The van der Waals surface area contributed by atoms with E-state index in [1.165, 1.54) is 12.1 Å². The van der Waals surface area contributed by atoms with Gasteiger partial charge in [0.25, 0.3) is 0 Å². The van der Waals surface area contributed by atoms with Gasteiger partial charge in [-0.05, 0) is 43.9 Å². The molecule has 1 unspecified atom stereocenters. The minimum atomic E-state index is -0.917. The third-order valence-electron chi connectivity index (χ3n) is 3.09. The van der Waals surface area contributed by atoms with Crippen LogP contribution in [0.25, 0.3) is 0 Å². The van der Waals surface area contributed by atoms with Gasteiger partial charge in [-0.3, -0.25) is 4.79 Å². The first-order chi connectivity index (χ1) is 7.91. The van der Waals surface area contributed by atoms with Gasteiger partial charge < -0.3 is 11.1 Å². The summed E-state index contributed by atoms with van der Waals surface area (Å²) in [5.74, 6) is -0.596. The number of nitrogens with two attached hydrogens (primary N) is 1. The molecular weight excluding hydrogens is 287 g/mol. The van der Waals surface area contributed by atoms with E-state index >= 15 is 0 Å². The molecule has 1 aliphatic rings. The molecule has 0 spiro atoms. The molecule has 0 radical (unpaired) electrons. The molecule has 0 aliphatic heterocycles. The fourth-order valence-corrected chi connectivity index (χ4v) is 2.05. The Morgan fingerprint density at radius 2 is 2.24 bits per heavy atom. The molecule has 0 heterocycles. The first-order valence-corrected chi connectivity index (χ1v) is 6.26. The van der Waals surface area contributed by atoms with Crippen LogP contribution in [0.1, 0.15) is 19.8 Å². The van der Waals surface area contributed by atoms with Crippen molar-refractivity contribution in [3.05, 3.63) is 28.5 Å². The number of benzene rings is 1. The molecule has 3 N–H and O–H groups in total. The van der Waals surface area contributed by atoms with Crippen molar-refractivity contribution in [1.82, 2.24) is 0 Å². The minimum absolute atomic E-state index is 0.163. The third-order valence-corrected chi connectivity index (χ3v) is 3.59. The molecule has 1 atom stereocenters. The van der Waals surface area contributed by atoms with E-state index in [2.05, 4.69) is 21.2 Å². The number of carbonyl (C=O) groups excluding carboxylic acids is 1. The zero-order chi connectivity index (χ0) is 12.6. The maximum Gasteiger partial charge on any atom is 0.244 e. The molecule has 1 aromatic rings. The minimum Gasteiger partial charge on any atom is -0.322 e. The van der Waals surface area contributed by atoms with E-state index in [9.17, 15) is 9.18 Å². The monoisotopic (exact) mass is 300 g/mol. The summed E-state index contributed by atoms with van der Waals surface area (Å²) in [6.45, 7) is 1.69. The number of anilines is 1. The van der Waals surface area contributed by atoms with Gasteiger partial charge in [-0.25, -0.2) is 4.39 Å². The molecule has 92 valence electrons. The fourth-order valence-electron chi connectivity index (χ4n) is 1.72. The summed E-state index contributed by atoms with van der Waals surface area (Å²) < 4.78 is 14.2. The zero-order valence-corrected chi connectivity index (χ0v) is 11.1. The summed E-state index contributed by atoms with van der Waals surface area (Å²) in [5, 5.41) is 2.54. The highest BCUT2D eigenvalue weighted by molar-refractivity contribution is 9.10. The smallest absolute Gasteiger partial charge is 0.244 e. The molecular formula is C12H14BrFN2O. The Morgan fingerprint density at radius 3 is 2.76 bits per heavy atom. The van der Waals surface area contributed by atoms with Crippen molar-refractivity contribution >= 4 is 27.5 Å². The summed E-state index contributed by atoms with van der Waals surface area (Å²) in [6, 6.07) is 4.49. The number of hydrogen-bond donors (Lipinski definition) is 2. The van der Waals surface area contributed by atoms with E-state index in [0.29, 0.717) is 4.47 Å². The van der Waals surface area contributed by atoms with Crippen molar-refractivity contribution in [1.29, 1.82) is 0 Å². The number of rotatable bonds is 3. The van der Waals surface area contributed by atoms with E-state index in [1.807, 2.05) is 0 Å². The number of nitrogens with one attached hydrogen (secondary N) is 1. The first kappa shape index (κ1) is 12.5. The van der Waals surface area contributed by atoms with Gasteiger partial charge in [0.05, 0.1) is 11.2 Å². The van der Waals surface area contributed by atoms with Crippen LogP contribution in [0.2, 0.25) is 0 Å². The van der Waals surface area contributed by atoms with Crippen LogP contribution in [0.5, 0.6) is 0 Å². The van der Waals surface area contributed by atoms with Crippen LogP contribution >= 0.6 is 15.9 Å². The molecule has 1 aliphatic carbocycles. The quantitative estimate of drug-likeness (QED) is 0.902. The normalized spacial score (nSPS) is 18.6. The predicted molar refractivity (Wildman–Crippen MR) is 68.0 cm³/mol. The van der Waals surface area contributed by atoms with Crippen LogP contribution < -0.4 is 11.1 Å². The lowest BCUT2D eigenvalue weighted by Gasteiger charge is -2.23. The second kappa shape index (κ2) is 4.38. The highest BCUT2D eigenvalue weighted by Crippen LogP contribution is 2.38. The standard InChI is InChI=1S/C12H14BrFN2O/c1-12(15,7-2-3-7)11(17)16-10-5-4-8(13)6-9(10)14/h4-7H,2-3,15H2,1H3,(H,16,17). The average molecular weight is 301 g/mol. The van der Waals surface area contributed by atoms with Gasteiger partial charge in [-0.1, -0.05) is 15.9 Å². The van der Waals surface area contributed by atoms with Crippen molar-refractivity contribution in [2.75, 3.05) is 5.32 Å². The summed E-state index contributed by atoms with van der Waals surface area (Å²) in [7, 11) is 0. The molecule has 1 saturated carbocycles. The lowest BCUT2D eigenvalue weighted by atomic mass is 9.96. The summed E-state index contributed by atoms with van der Waals surface area (Å²) in [6.07, 6.45) is 1.92. The Labute approximate surface area is 108 Å². The molecule has 17 heavy (non-hydrogen) atoms. The van der Waals surface area contributed by atoms with Crippen molar-refractivity contribution in [3.63, 3.8) is 0 Å². The Kier molecular flexibility index (Phi) is 3.23. The van der Waals surface area contributed by atoms with Crippen LogP contribution in [0.3, 0.4) is 0 Å². The topological polar surface area (TPSA) is 55.1 Å². The van der Waals surface area contributed by atoms with Crippen LogP contribution in [-0.4, -0.2) is 11.4 Å². The van der Waals surface area contributed by atoms with Crippen LogP contribution in [-0.2, 0) is 4.79 Å². The Bertz CT molecular complexity index is 458. The van der Waals surface area contributed by atoms with E-state index < -0.39 is 11.4 Å². The Balaban J connectivity index is 2.12. The van der Waals surface area contributed by atoms with Gasteiger partial charge in [0.15, 0.2) is 0 Å². The zero-order valence-electron chi connectivity index (χ0n) is 9.47. The van der Waals surface area contributed by atoms with Crippen molar-refractivity contribution in [2.24, 2.45) is 11.7 Å². The molecule has 0 aromatic heterocycles.